The lowest BCUT2D eigenvalue weighted by atomic mass is 10.1. The first kappa shape index (κ1) is 15.5. The first-order valence-electron chi connectivity index (χ1n) is 9.46. The first-order valence-corrected chi connectivity index (χ1v) is 9.46. The second-order valence-corrected chi connectivity index (χ2v) is 7.75. The number of rotatable bonds is 5. The lowest BCUT2D eigenvalue weighted by molar-refractivity contribution is 0.0885. The molecule has 23 heavy (non-hydrogen) atoms. The number of ether oxygens (including phenoxy) is 1. The van der Waals surface area contributed by atoms with E-state index in [4.69, 9.17) is 4.74 Å². The average Bonchev–Trinajstić information content (AvgIpc) is 3.19. The van der Waals surface area contributed by atoms with E-state index in [0.717, 1.165) is 17.7 Å². The molecule has 0 N–H and O–H groups in total. The van der Waals surface area contributed by atoms with Gasteiger partial charge in [0.1, 0.15) is 11.9 Å². The van der Waals surface area contributed by atoms with Crippen molar-refractivity contribution in [2.75, 3.05) is 32.7 Å². The van der Waals surface area contributed by atoms with Crippen LogP contribution in [0.3, 0.4) is 0 Å². The Bertz CT molecular complexity index is 524. The van der Waals surface area contributed by atoms with E-state index < -0.39 is 0 Å². The van der Waals surface area contributed by atoms with E-state index in [1.54, 1.807) is 0 Å². The van der Waals surface area contributed by atoms with E-state index in [9.17, 15) is 0 Å². The summed E-state index contributed by atoms with van der Waals surface area (Å²) in [5.41, 5.74) is 1.25. The molecule has 0 unspecified atom stereocenters. The molecular formula is C20H30N2O. The Morgan fingerprint density at radius 3 is 2.57 bits per heavy atom. The van der Waals surface area contributed by atoms with Crippen molar-refractivity contribution in [1.82, 2.24) is 9.80 Å². The zero-order valence-electron chi connectivity index (χ0n) is 14.4. The fraction of sp³-hybridized carbons (Fsp3) is 0.700. The lowest BCUT2D eigenvalue weighted by Crippen LogP contribution is -2.43. The standard InChI is InChI=1S/C20H30N2O/c1-16-4-2-3-5-20(16)23-19-8-10-21(11-9-19)12-13-22-15-17-6-7-18(22)14-17/h2-5,17-19H,6-15H2,1H3/t17-,18+/m0/s1. The maximum Gasteiger partial charge on any atom is 0.122 e. The van der Waals surface area contributed by atoms with Gasteiger partial charge in [-0.3, -0.25) is 4.90 Å². The quantitative estimate of drug-likeness (QED) is 0.829. The van der Waals surface area contributed by atoms with E-state index in [0.29, 0.717) is 6.10 Å². The predicted octanol–water partition coefficient (Wildman–Crippen LogP) is 3.32. The van der Waals surface area contributed by atoms with Gasteiger partial charge in [0.25, 0.3) is 0 Å². The maximum absolute atomic E-state index is 6.22. The van der Waals surface area contributed by atoms with Gasteiger partial charge in [-0.15, -0.1) is 0 Å². The van der Waals surface area contributed by atoms with Crippen molar-refractivity contribution in [1.29, 1.82) is 0 Å². The van der Waals surface area contributed by atoms with Crippen LogP contribution in [-0.2, 0) is 0 Å². The normalized spacial score (nSPS) is 29.3. The minimum absolute atomic E-state index is 0.398. The van der Waals surface area contributed by atoms with Crippen molar-refractivity contribution >= 4 is 0 Å². The average molecular weight is 314 g/mol. The number of nitrogens with zero attached hydrogens (tertiary/aromatic N) is 2. The molecule has 126 valence electrons. The van der Waals surface area contributed by atoms with Crippen LogP contribution in [0.5, 0.6) is 5.75 Å². The van der Waals surface area contributed by atoms with Crippen molar-refractivity contribution in [3.05, 3.63) is 29.8 Å². The van der Waals surface area contributed by atoms with E-state index in [2.05, 4.69) is 41.0 Å². The highest BCUT2D eigenvalue weighted by Crippen LogP contribution is 2.37. The van der Waals surface area contributed by atoms with Crippen LogP contribution in [0, 0.1) is 12.8 Å². The number of benzene rings is 1. The molecule has 3 nitrogen and oxygen atoms in total. The van der Waals surface area contributed by atoms with Gasteiger partial charge in [0.2, 0.25) is 0 Å². The molecule has 0 spiro atoms. The van der Waals surface area contributed by atoms with Crippen molar-refractivity contribution in [2.24, 2.45) is 5.92 Å². The van der Waals surface area contributed by atoms with Crippen molar-refractivity contribution in [3.63, 3.8) is 0 Å². The molecule has 3 heteroatoms. The SMILES string of the molecule is Cc1ccccc1OC1CCN(CCN2C[C@H]3CC[C@@H]2C3)CC1. The Morgan fingerprint density at radius 1 is 1.04 bits per heavy atom. The summed E-state index contributed by atoms with van der Waals surface area (Å²) in [6.45, 7) is 8.42. The summed E-state index contributed by atoms with van der Waals surface area (Å²) in [4.78, 5) is 5.40. The Morgan fingerprint density at radius 2 is 1.87 bits per heavy atom. The number of fused-ring (bicyclic) bond motifs is 2. The predicted molar refractivity (Wildman–Crippen MR) is 94.0 cm³/mol. The topological polar surface area (TPSA) is 15.7 Å². The van der Waals surface area contributed by atoms with Crippen LogP contribution >= 0.6 is 0 Å². The number of piperidine rings is 2. The molecule has 0 radical (unpaired) electrons. The molecular weight excluding hydrogens is 284 g/mol. The molecule has 1 aromatic carbocycles. The zero-order valence-corrected chi connectivity index (χ0v) is 14.4. The van der Waals surface area contributed by atoms with Crippen LogP contribution in [0.1, 0.15) is 37.7 Å². The molecule has 3 aliphatic rings. The maximum atomic E-state index is 6.22. The third-order valence-electron chi connectivity index (χ3n) is 6.15. The monoisotopic (exact) mass is 314 g/mol. The van der Waals surface area contributed by atoms with E-state index >= 15 is 0 Å². The summed E-state index contributed by atoms with van der Waals surface area (Å²) in [6.07, 6.45) is 7.16. The van der Waals surface area contributed by atoms with Crippen LogP contribution in [-0.4, -0.2) is 54.7 Å². The summed E-state index contributed by atoms with van der Waals surface area (Å²) >= 11 is 0. The smallest absolute Gasteiger partial charge is 0.122 e. The summed E-state index contributed by atoms with van der Waals surface area (Å²) in [6, 6.07) is 9.30. The minimum Gasteiger partial charge on any atom is -0.490 e. The van der Waals surface area contributed by atoms with Crippen molar-refractivity contribution in [3.8, 4) is 5.75 Å². The van der Waals surface area contributed by atoms with Crippen LogP contribution in [0.25, 0.3) is 0 Å². The van der Waals surface area contributed by atoms with E-state index in [1.807, 2.05) is 0 Å². The van der Waals surface area contributed by atoms with Gasteiger partial charge in [-0.2, -0.15) is 0 Å². The van der Waals surface area contributed by atoms with Gasteiger partial charge in [-0.05, 0) is 56.6 Å². The number of likely N-dealkylation sites (tertiary alicyclic amines) is 2. The third kappa shape index (κ3) is 3.56. The van der Waals surface area contributed by atoms with Crippen LogP contribution in [0.15, 0.2) is 24.3 Å². The van der Waals surface area contributed by atoms with Crippen LogP contribution in [0.2, 0.25) is 0 Å². The van der Waals surface area contributed by atoms with Gasteiger partial charge in [-0.1, -0.05) is 18.2 Å². The Hall–Kier alpha value is -1.06. The second kappa shape index (κ2) is 6.82. The van der Waals surface area contributed by atoms with Crippen molar-refractivity contribution < 1.29 is 4.74 Å². The van der Waals surface area contributed by atoms with Crippen LogP contribution in [0.4, 0.5) is 0 Å². The molecule has 0 amide bonds. The van der Waals surface area contributed by atoms with Gasteiger partial charge >= 0.3 is 0 Å². The van der Waals surface area contributed by atoms with Crippen LogP contribution < -0.4 is 4.74 Å². The molecule has 1 aliphatic carbocycles. The highest BCUT2D eigenvalue weighted by atomic mass is 16.5. The molecule has 2 heterocycles. The number of para-hydroxylation sites is 1. The van der Waals surface area contributed by atoms with Gasteiger partial charge in [-0.25, -0.2) is 0 Å². The van der Waals surface area contributed by atoms with E-state index in [1.165, 1.54) is 70.4 Å². The Kier molecular flexibility index (Phi) is 4.59. The fourth-order valence-corrected chi connectivity index (χ4v) is 4.69. The highest BCUT2D eigenvalue weighted by Gasteiger charge is 2.37. The molecule has 1 saturated carbocycles. The molecule has 4 rings (SSSR count). The van der Waals surface area contributed by atoms with Crippen molar-refractivity contribution in [2.45, 2.75) is 51.2 Å². The Labute approximate surface area is 140 Å². The largest absolute Gasteiger partial charge is 0.490 e. The third-order valence-corrected chi connectivity index (χ3v) is 6.15. The molecule has 0 aromatic heterocycles. The summed E-state index contributed by atoms with van der Waals surface area (Å²) in [5, 5.41) is 0. The zero-order chi connectivity index (χ0) is 15.6. The minimum atomic E-state index is 0.398. The molecule has 2 bridgehead atoms. The number of aryl methyl sites for hydroxylation is 1. The number of hydrogen-bond acceptors (Lipinski definition) is 3. The fourth-order valence-electron chi connectivity index (χ4n) is 4.69. The molecule has 2 aliphatic heterocycles. The molecule has 2 atom stereocenters. The number of hydrogen-bond donors (Lipinski definition) is 0. The lowest BCUT2D eigenvalue weighted by Gasteiger charge is -2.34. The van der Waals surface area contributed by atoms with Gasteiger partial charge in [0, 0.05) is 38.8 Å². The molecule has 1 aromatic rings. The summed E-state index contributed by atoms with van der Waals surface area (Å²) < 4.78 is 6.22. The second-order valence-electron chi connectivity index (χ2n) is 7.75. The molecule has 3 fully saturated rings. The van der Waals surface area contributed by atoms with Gasteiger partial charge in [0.05, 0.1) is 0 Å². The summed E-state index contributed by atoms with van der Waals surface area (Å²) in [5.74, 6) is 2.09. The molecule has 2 saturated heterocycles. The van der Waals surface area contributed by atoms with Gasteiger partial charge in [0.15, 0.2) is 0 Å². The Balaban J connectivity index is 1.20. The van der Waals surface area contributed by atoms with E-state index in [-0.39, 0.29) is 0 Å². The first-order chi connectivity index (χ1) is 11.3. The highest BCUT2D eigenvalue weighted by molar-refractivity contribution is 5.31. The summed E-state index contributed by atoms with van der Waals surface area (Å²) in [7, 11) is 0. The van der Waals surface area contributed by atoms with Gasteiger partial charge < -0.3 is 9.64 Å².